The molecule has 0 aliphatic heterocycles. The SMILES string of the molecule is [SiH]c1nccs1. The monoisotopic (exact) mass is 113 g/mol. The Bertz CT molecular complexity index is 114. The van der Waals surface area contributed by atoms with Gasteiger partial charge in [0.05, 0.1) is 14.9 Å². The van der Waals surface area contributed by atoms with E-state index in [-0.39, 0.29) is 0 Å². The third-order valence-electron chi connectivity index (χ3n) is 0.451. The standard InChI is InChI=1S/C3H3NSSi/c6-3-4-1-2-5-3/h1-2,6H. The van der Waals surface area contributed by atoms with Crippen molar-refractivity contribution < 1.29 is 0 Å². The van der Waals surface area contributed by atoms with E-state index < -0.39 is 0 Å². The zero-order valence-corrected chi connectivity index (χ0v) is 5.06. The van der Waals surface area contributed by atoms with Crippen LogP contribution in [-0.4, -0.2) is 15.2 Å². The van der Waals surface area contributed by atoms with Gasteiger partial charge in [0.25, 0.3) is 0 Å². The maximum absolute atomic E-state index is 3.90. The molecule has 1 nitrogen and oxygen atoms in total. The minimum absolute atomic E-state index is 1.05. The van der Waals surface area contributed by atoms with Crippen LogP contribution in [0.3, 0.4) is 0 Å². The molecule has 1 heterocycles. The van der Waals surface area contributed by atoms with Crippen LogP contribution in [0.25, 0.3) is 0 Å². The molecule has 1 aromatic rings. The van der Waals surface area contributed by atoms with Crippen LogP contribution in [0.1, 0.15) is 0 Å². The third-order valence-corrected chi connectivity index (χ3v) is 1.61. The summed E-state index contributed by atoms with van der Waals surface area (Å²) in [5, 5.41) is 1.95. The van der Waals surface area contributed by atoms with Gasteiger partial charge in [-0.05, 0) is 0 Å². The second-order valence-electron chi connectivity index (χ2n) is 0.870. The first-order valence-corrected chi connectivity index (χ1v) is 3.00. The Morgan fingerprint density at radius 2 is 2.67 bits per heavy atom. The van der Waals surface area contributed by atoms with Crippen molar-refractivity contribution in [3.63, 3.8) is 0 Å². The normalized spacial score (nSPS) is 8.83. The van der Waals surface area contributed by atoms with E-state index in [1.807, 2.05) is 5.38 Å². The number of aromatic nitrogens is 1. The molecule has 2 radical (unpaired) electrons. The summed E-state index contributed by atoms with van der Waals surface area (Å²) in [7, 11) is 2.52. The van der Waals surface area contributed by atoms with Crippen LogP contribution in [0.5, 0.6) is 0 Å². The Morgan fingerprint density at radius 1 is 1.83 bits per heavy atom. The van der Waals surface area contributed by atoms with E-state index >= 15 is 0 Å². The molecular weight excluding hydrogens is 110 g/mol. The molecule has 0 bridgehead atoms. The Hall–Kier alpha value is -0.153. The summed E-state index contributed by atoms with van der Waals surface area (Å²) in [5.41, 5.74) is 0. The highest BCUT2D eigenvalue weighted by Crippen LogP contribution is 1.81. The highest BCUT2D eigenvalue weighted by molar-refractivity contribution is 7.17. The van der Waals surface area contributed by atoms with Gasteiger partial charge in [-0.1, -0.05) is 0 Å². The van der Waals surface area contributed by atoms with Crippen molar-refractivity contribution in [2.45, 2.75) is 0 Å². The van der Waals surface area contributed by atoms with Gasteiger partial charge in [0.15, 0.2) is 0 Å². The predicted molar refractivity (Wildman–Crippen MR) is 28.9 cm³/mol. The van der Waals surface area contributed by atoms with Crippen molar-refractivity contribution in [1.29, 1.82) is 0 Å². The van der Waals surface area contributed by atoms with Gasteiger partial charge in [0, 0.05) is 11.6 Å². The summed E-state index contributed by atoms with van der Waals surface area (Å²) in [6.07, 6.45) is 1.78. The molecule has 3 heteroatoms. The molecule has 6 heavy (non-hydrogen) atoms. The van der Waals surface area contributed by atoms with E-state index in [9.17, 15) is 0 Å². The van der Waals surface area contributed by atoms with Crippen LogP contribution >= 0.6 is 11.3 Å². The Labute approximate surface area is 43.5 Å². The van der Waals surface area contributed by atoms with Crippen LogP contribution in [-0.2, 0) is 0 Å². The highest BCUT2D eigenvalue weighted by atomic mass is 32.1. The summed E-state index contributed by atoms with van der Waals surface area (Å²) in [6, 6.07) is 0. The molecule has 0 aromatic carbocycles. The summed E-state index contributed by atoms with van der Waals surface area (Å²) in [6.45, 7) is 0. The molecule has 0 saturated heterocycles. The lowest BCUT2D eigenvalue weighted by Gasteiger charge is -1.64. The number of thiazole rings is 1. The van der Waals surface area contributed by atoms with Gasteiger partial charge in [0.1, 0.15) is 0 Å². The number of nitrogens with zero attached hydrogens (tertiary/aromatic N) is 1. The lowest BCUT2D eigenvalue weighted by Crippen LogP contribution is -1.95. The van der Waals surface area contributed by atoms with Crippen LogP contribution < -0.4 is 4.63 Å². The molecular formula is C3H3NSSi. The Morgan fingerprint density at radius 3 is 2.83 bits per heavy atom. The molecule has 0 saturated carbocycles. The lowest BCUT2D eigenvalue weighted by atomic mass is 11.0. The summed E-state index contributed by atoms with van der Waals surface area (Å²) in [5.74, 6) is 0. The fourth-order valence-corrected chi connectivity index (χ4v) is 0.939. The fraction of sp³-hybridized carbons (Fsp3) is 0. The number of hydrogen-bond acceptors (Lipinski definition) is 2. The van der Waals surface area contributed by atoms with Crippen molar-refractivity contribution in [2.24, 2.45) is 0 Å². The number of rotatable bonds is 0. The maximum Gasteiger partial charge on any atom is 0.1000 e. The average molecular weight is 113 g/mol. The summed E-state index contributed by atoms with van der Waals surface area (Å²) >= 11 is 1.63. The van der Waals surface area contributed by atoms with Gasteiger partial charge < -0.3 is 0 Å². The van der Waals surface area contributed by atoms with E-state index in [1.165, 1.54) is 0 Å². The molecule has 0 aliphatic carbocycles. The van der Waals surface area contributed by atoms with E-state index in [4.69, 9.17) is 0 Å². The molecule has 0 unspecified atom stereocenters. The van der Waals surface area contributed by atoms with Crippen molar-refractivity contribution in [3.05, 3.63) is 11.6 Å². The Balaban J connectivity index is 3.05. The fourth-order valence-electron chi connectivity index (χ4n) is 0.234. The van der Waals surface area contributed by atoms with Gasteiger partial charge >= 0.3 is 0 Å². The lowest BCUT2D eigenvalue weighted by molar-refractivity contribution is 1.48. The Kier molecular flexibility index (Phi) is 1.02. The summed E-state index contributed by atoms with van der Waals surface area (Å²) in [4.78, 5) is 3.90. The zero-order chi connectivity index (χ0) is 4.41. The number of hydrogen-bond donors (Lipinski definition) is 0. The average Bonchev–Trinajstić information content (AvgIpc) is 1.86. The van der Waals surface area contributed by atoms with Gasteiger partial charge in [-0.3, -0.25) is 4.98 Å². The smallest absolute Gasteiger partial charge is 0.1000 e. The van der Waals surface area contributed by atoms with Gasteiger partial charge in [-0.15, -0.1) is 11.3 Å². The van der Waals surface area contributed by atoms with E-state index in [0.717, 1.165) is 4.63 Å². The van der Waals surface area contributed by atoms with Crippen molar-refractivity contribution in [3.8, 4) is 0 Å². The van der Waals surface area contributed by atoms with Crippen LogP contribution in [0.2, 0.25) is 0 Å². The van der Waals surface area contributed by atoms with Crippen LogP contribution in [0.15, 0.2) is 11.6 Å². The highest BCUT2D eigenvalue weighted by Gasteiger charge is 1.76. The molecule has 0 aliphatic rings. The molecule has 0 amide bonds. The first-order chi connectivity index (χ1) is 2.89. The van der Waals surface area contributed by atoms with Gasteiger partial charge in [0.2, 0.25) is 0 Å². The zero-order valence-electron chi connectivity index (χ0n) is 3.09. The second-order valence-corrected chi connectivity index (χ2v) is 2.76. The first-order valence-electron chi connectivity index (χ1n) is 1.54. The van der Waals surface area contributed by atoms with Crippen molar-refractivity contribution in [1.82, 2.24) is 4.98 Å². The van der Waals surface area contributed by atoms with E-state index in [1.54, 1.807) is 17.5 Å². The molecule has 0 fully saturated rings. The van der Waals surface area contributed by atoms with Crippen molar-refractivity contribution >= 4 is 26.2 Å². The molecule has 1 rings (SSSR count). The van der Waals surface area contributed by atoms with Crippen LogP contribution in [0, 0.1) is 0 Å². The van der Waals surface area contributed by atoms with E-state index in [0.29, 0.717) is 0 Å². The predicted octanol–water partition coefficient (Wildman–Crippen LogP) is -0.331. The second kappa shape index (κ2) is 1.53. The third kappa shape index (κ3) is 0.665. The molecule has 0 N–H and O–H groups in total. The molecule has 30 valence electrons. The van der Waals surface area contributed by atoms with Gasteiger partial charge in [-0.2, -0.15) is 0 Å². The molecule has 0 atom stereocenters. The minimum atomic E-state index is 1.05. The van der Waals surface area contributed by atoms with Crippen LogP contribution in [0.4, 0.5) is 0 Å². The largest absolute Gasteiger partial charge is 0.256 e. The molecule has 0 spiro atoms. The topological polar surface area (TPSA) is 12.9 Å². The first kappa shape index (κ1) is 4.02. The quantitative estimate of drug-likeness (QED) is 0.420. The molecule has 1 aromatic heterocycles. The maximum atomic E-state index is 3.90. The minimum Gasteiger partial charge on any atom is -0.256 e. The van der Waals surface area contributed by atoms with E-state index in [2.05, 4.69) is 15.2 Å². The van der Waals surface area contributed by atoms with Gasteiger partial charge in [-0.25, -0.2) is 0 Å². The van der Waals surface area contributed by atoms with Crippen molar-refractivity contribution in [2.75, 3.05) is 0 Å². The summed E-state index contributed by atoms with van der Waals surface area (Å²) < 4.78 is 1.05.